The lowest BCUT2D eigenvalue weighted by atomic mass is 10.2. The molecule has 0 unspecified atom stereocenters. The summed E-state index contributed by atoms with van der Waals surface area (Å²) in [4.78, 5) is 13.2. The molecular formula is C13H16FNO3. The van der Waals surface area contributed by atoms with Gasteiger partial charge in [-0.3, -0.25) is 9.69 Å². The minimum Gasteiger partial charge on any atom is -0.489 e. The lowest BCUT2D eigenvalue weighted by Crippen LogP contribution is -2.37. The number of hydrogen-bond acceptors (Lipinski definition) is 4. The second-order valence-corrected chi connectivity index (χ2v) is 4.23. The molecule has 1 aliphatic rings. The topological polar surface area (TPSA) is 38.8 Å². The van der Waals surface area contributed by atoms with E-state index in [0.29, 0.717) is 26.2 Å². The summed E-state index contributed by atoms with van der Waals surface area (Å²) < 4.78 is 23.5. The molecule has 0 spiro atoms. The van der Waals surface area contributed by atoms with Crippen LogP contribution in [0.2, 0.25) is 0 Å². The van der Waals surface area contributed by atoms with Gasteiger partial charge in [0, 0.05) is 13.0 Å². The van der Waals surface area contributed by atoms with Crippen molar-refractivity contribution in [3.8, 4) is 5.75 Å². The van der Waals surface area contributed by atoms with Gasteiger partial charge in [-0.25, -0.2) is 4.39 Å². The van der Waals surface area contributed by atoms with Crippen molar-refractivity contribution in [2.24, 2.45) is 0 Å². The number of nitrogens with zero attached hydrogens (tertiary/aromatic N) is 1. The van der Waals surface area contributed by atoms with Crippen LogP contribution in [0.4, 0.5) is 4.39 Å². The van der Waals surface area contributed by atoms with Crippen LogP contribution < -0.4 is 4.74 Å². The van der Waals surface area contributed by atoms with E-state index in [9.17, 15) is 9.18 Å². The molecule has 18 heavy (non-hydrogen) atoms. The maximum atomic E-state index is 13.3. The second kappa shape index (κ2) is 5.82. The molecule has 98 valence electrons. The Balaban J connectivity index is 1.78. The van der Waals surface area contributed by atoms with E-state index in [-0.39, 0.29) is 23.6 Å². The van der Waals surface area contributed by atoms with Crippen LogP contribution in [-0.4, -0.2) is 43.7 Å². The highest BCUT2D eigenvalue weighted by atomic mass is 19.1. The monoisotopic (exact) mass is 253 g/mol. The Bertz CT molecular complexity index is 424. The molecule has 1 heterocycles. The van der Waals surface area contributed by atoms with E-state index in [0.717, 1.165) is 0 Å². The number of carbonyl (C=O) groups excluding carboxylic acids is 1. The maximum Gasteiger partial charge on any atom is 0.323 e. The summed E-state index contributed by atoms with van der Waals surface area (Å²) in [5, 5.41) is 0. The van der Waals surface area contributed by atoms with Crippen LogP contribution in [0.1, 0.15) is 6.42 Å². The third-order valence-electron chi connectivity index (χ3n) is 2.98. The molecule has 0 radical (unpaired) electrons. The molecule has 1 fully saturated rings. The molecule has 5 heteroatoms. The predicted molar refractivity (Wildman–Crippen MR) is 63.9 cm³/mol. The van der Waals surface area contributed by atoms with Crippen LogP contribution in [0.25, 0.3) is 0 Å². The van der Waals surface area contributed by atoms with Gasteiger partial charge in [0.05, 0.1) is 6.61 Å². The predicted octanol–water partition coefficient (Wildman–Crippen LogP) is 1.45. The number of hydrogen-bond donors (Lipinski definition) is 0. The molecule has 4 nitrogen and oxygen atoms in total. The number of rotatable bonds is 5. The number of carbonyl (C=O) groups is 1. The molecule has 1 aromatic rings. The first-order valence-corrected chi connectivity index (χ1v) is 5.92. The highest BCUT2D eigenvalue weighted by Gasteiger charge is 2.29. The molecule has 0 N–H and O–H groups in total. The van der Waals surface area contributed by atoms with Crippen LogP contribution in [0.3, 0.4) is 0 Å². The summed E-state index contributed by atoms with van der Waals surface area (Å²) in [6, 6.07) is 6.07. The third-order valence-corrected chi connectivity index (χ3v) is 2.98. The zero-order chi connectivity index (χ0) is 13.0. The Labute approximate surface area is 105 Å². The highest BCUT2D eigenvalue weighted by Crippen LogP contribution is 2.16. The van der Waals surface area contributed by atoms with Gasteiger partial charge >= 0.3 is 5.97 Å². The molecule has 0 saturated carbocycles. The van der Waals surface area contributed by atoms with E-state index in [4.69, 9.17) is 9.47 Å². The van der Waals surface area contributed by atoms with Gasteiger partial charge in [0.1, 0.15) is 12.6 Å². The van der Waals surface area contributed by atoms with Crippen LogP contribution in [-0.2, 0) is 9.53 Å². The van der Waals surface area contributed by atoms with Crippen molar-refractivity contribution >= 4 is 5.97 Å². The summed E-state index contributed by atoms with van der Waals surface area (Å²) in [6.07, 6.45) is 0.703. The Morgan fingerprint density at radius 1 is 1.50 bits per heavy atom. The number of cyclic esters (lactones) is 1. The fraction of sp³-hybridized carbons (Fsp3) is 0.462. The minimum atomic E-state index is -0.375. The first kappa shape index (κ1) is 12.8. The highest BCUT2D eigenvalue weighted by molar-refractivity contribution is 5.77. The summed E-state index contributed by atoms with van der Waals surface area (Å²) in [5.74, 6) is -0.330. The lowest BCUT2D eigenvalue weighted by molar-refractivity contribution is -0.142. The van der Waals surface area contributed by atoms with Gasteiger partial charge in [0.25, 0.3) is 0 Å². The normalized spacial score (nSPS) is 19.1. The van der Waals surface area contributed by atoms with Crippen LogP contribution >= 0.6 is 0 Å². The van der Waals surface area contributed by atoms with Crippen molar-refractivity contribution in [1.29, 1.82) is 0 Å². The van der Waals surface area contributed by atoms with Crippen LogP contribution in [0.5, 0.6) is 5.75 Å². The van der Waals surface area contributed by atoms with Gasteiger partial charge in [-0.1, -0.05) is 12.1 Å². The van der Waals surface area contributed by atoms with Gasteiger partial charge in [-0.05, 0) is 19.2 Å². The van der Waals surface area contributed by atoms with E-state index in [1.165, 1.54) is 6.07 Å². The SMILES string of the molecule is CN(CCOc1ccccc1F)[C@H]1CCOC1=O. The Morgan fingerprint density at radius 3 is 2.94 bits per heavy atom. The Hall–Kier alpha value is -1.62. The summed E-state index contributed by atoms with van der Waals surface area (Å²) in [5.41, 5.74) is 0. The molecule has 0 bridgehead atoms. The summed E-state index contributed by atoms with van der Waals surface area (Å²) in [7, 11) is 1.84. The molecule has 0 aromatic heterocycles. The van der Waals surface area contributed by atoms with Crippen molar-refractivity contribution in [1.82, 2.24) is 4.90 Å². The number of esters is 1. The molecule has 1 atom stereocenters. The summed E-state index contributed by atoms with van der Waals surface area (Å²) >= 11 is 0. The summed E-state index contributed by atoms with van der Waals surface area (Å²) in [6.45, 7) is 1.36. The first-order chi connectivity index (χ1) is 8.68. The lowest BCUT2D eigenvalue weighted by Gasteiger charge is -2.20. The van der Waals surface area contributed by atoms with Crippen LogP contribution in [0.15, 0.2) is 24.3 Å². The first-order valence-electron chi connectivity index (χ1n) is 5.92. The van der Waals surface area contributed by atoms with E-state index in [1.54, 1.807) is 18.2 Å². The van der Waals surface area contributed by atoms with Gasteiger partial charge in [-0.15, -0.1) is 0 Å². The largest absolute Gasteiger partial charge is 0.489 e. The standard InChI is InChI=1S/C13H16FNO3/c1-15(11-6-8-18-13(11)16)7-9-17-12-5-3-2-4-10(12)14/h2-5,11H,6-9H2,1H3/t11-/m0/s1. The number of benzene rings is 1. The zero-order valence-corrected chi connectivity index (χ0v) is 10.3. The molecule has 1 saturated heterocycles. The average molecular weight is 253 g/mol. The minimum absolute atomic E-state index is 0.191. The average Bonchev–Trinajstić information content (AvgIpc) is 2.78. The van der Waals surface area contributed by atoms with Crippen molar-refractivity contribution in [2.75, 3.05) is 26.8 Å². The fourth-order valence-electron chi connectivity index (χ4n) is 1.90. The van der Waals surface area contributed by atoms with Gasteiger partial charge < -0.3 is 9.47 Å². The molecular weight excluding hydrogens is 237 g/mol. The van der Waals surface area contributed by atoms with Crippen molar-refractivity contribution in [3.63, 3.8) is 0 Å². The van der Waals surface area contributed by atoms with E-state index >= 15 is 0 Å². The second-order valence-electron chi connectivity index (χ2n) is 4.23. The van der Waals surface area contributed by atoms with Gasteiger partial charge in [0.2, 0.25) is 0 Å². The quantitative estimate of drug-likeness (QED) is 0.745. The van der Waals surface area contributed by atoms with Crippen molar-refractivity contribution in [3.05, 3.63) is 30.1 Å². The number of para-hydroxylation sites is 1. The number of ether oxygens (including phenoxy) is 2. The van der Waals surface area contributed by atoms with Crippen molar-refractivity contribution in [2.45, 2.75) is 12.5 Å². The van der Waals surface area contributed by atoms with Crippen LogP contribution in [0, 0.1) is 5.82 Å². The zero-order valence-electron chi connectivity index (χ0n) is 10.3. The molecule has 1 aromatic carbocycles. The van der Waals surface area contributed by atoms with E-state index in [2.05, 4.69) is 0 Å². The molecule has 2 rings (SSSR count). The Morgan fingerprint density at radius 2 is 2.28 bits per heavy atom. The van der Waals surface area contributed by atoms with E-state index in [1.807, 2.05) is 11.9 Å². The van der Waals surface area contributed by atoms with Gasteiger partial charge in [-0.2, -0.15) is 0 Å². The molecule has 0 amide bonds. The molecule has 1 aliphatic heterocycles. The number of likely N-dealkylation sites (N-methyl/N-ethyl adjacent to an activating group) is 1. The third kappa shape index (κ3) is 2.98. The maximum absolute atomic E-state index is 13.3. The van der Waals surface area contributed by atoms with E-state index < -0.39 is 0 Å². The van der Waals surface area contributed by atoms with Crippen molar-refractivity contribution < 1.29 is 18.7 Å². The fourth-order valence-corrected chi connectivity index (χ4v) is 1.90. The molecule has 0 aliphatic carbocycles. The Kier molecular flexibility index (Phi) is 4.15. The number of halogens is 1. The van der Waals surface area contributed by atoms with Gasteiger partial charge in [0.15, 0.2) is 11.6 Å². The smallest absolute Gasteiger partial charge is 0.323 e.